The van der Waals surface area contributed by atoms with Crippen LogP contribution in [0.4, 0.5) is 5.69 Å². The monoisotopic (exact) mass is 266 g/mol. The van der Waals surface area contributed by atoms with Crippen molar-refractivity contribution in [2.75, 3.05) is 19.1 Å². The summed E-state index contributed by atoms with van der Waals surface area (Å²) < 4.78 is 5.20. The summed E-state index contributed by atoms with van der Waals surface area (Å²) in [6.45, 7) is 0. The molecule has 20 heavy (non-hydrogen) atoms. The van der Waals surface area contributed by atoms with E-state index in [0.717, 1.165) is 5.69 Å². The molecule has 0 saturated heterocycles. The molecule has 0 heterocycles. The summed E-state index contributed by atoms with van der Waals surface area (Å²) in [4.78, 5) is 14.0. The molecule has 0 saturated carbocycles. The highest BCUT2D eigenvalue weighted by Crippen LogP contribution is 2.22. The van der Waals surface area contributed by atoms with Crippen LogP contribution in [0.1, 0.15) is 15.9 Å². The minimum atomic E-state index is -0.160. The predicted octanol–water partition coefficient (Wildman–Crippen LogP) is 2.84. The number of carbonyl (C=O) groups excluding carboxylic acids is 1. The van der Waals surface area contributed by atoms with E-state index in [2.05, 4.69) is 0 Å². The number of hydrogen-bond donors (Lipinski definition) is 0. The van der Waals surface area contributed by atoms with E-state index in [0.29, 0.717) is 16.9 Å². The lowest BCUT2D eigenvalue weighted by atomic mass is 10.1. The summed E-state index contributed by atoms with van der Waals surface area (Å²) >= 11 is 0. The molecule has 0 aromatic heterocycles. The highest BCUT2D eigenvalue weighted by molar-refractivity contribution is 6.07. The van der Waals surface area contributed by atoms with Crippen LogP contribution in [0.3, 0.4) is 0 Å². The normalized spacial score (nSPS) is 9.65. The smallest absolute Gasteiger partial charge is 0.261 e. The van der Waals surface area contributed by atoms with Crippen molar-refractivity contribution in [2.45, 2.75) is 0 Å². The number of carbonyl (C=O) groups is 1. The quantitative estimate of drug-likeness (QED) is 0.858. The van der Waals surface area contributed by atoms with Crippen LogP contribution in [0.15, 0.2) is 48.5 Å². The Labute approximate surface area is 117 Å². The van der Waals surface area contributed by atoms with Gasteiger partial charge in [0.15, 0.2) is 0 Å². The average molecular weight is 266 g/mol. The summed E-state index contributed by atoms with van der Waals surface area (Å²) in [5.41, 5.74) is 1.79. The van der Waals surface area contributed by atoms with E-state index in [-0.39, 0.29) is 5.91 Å². The zero-order chi connectivity index (χ0) is 14.5. The summed E-state index contributed by atoms with van der Waals surface area (Å²) in [6.07, 6.45) is 0. The topological polar surface area (TPSA) is 53.3 Å². The van der Waals surface area contributed by atoms with Gasteiger partial charge in [-0.1, -0.05) is 12.1 Å². The van der Waals surface area contributed by atoms with Crippen molar-refractivity contribution in [3.63, 3.8) is 0 Å². The van der Waals surface area contributed by atoms with Gasteiger partial charge in [-0.05, 0) is 36.4 Å². The van der Waals surface area contributed by atoms with Crippen molar-refractivity contribution >= 4 is 11.6 Å². The van der Waals surface area contributed by atoms with Crippen molar-refractivity contribution < 1.29 is 9.53 Å². The Morgan fingerprint density at radius 2 is 1.80 bits per heavy atom. The molecule has 4 nitrogen and oxygen atoms in total. The molecule has 2 aromatic carbocycles. The van der Waals surface area contributed by atoms with E-state index in [9.17, 15) is 4.79 Å². The van der Waals surface area contributed by atoms with Gasteiger partial charge in [0.1, 0.15) is 5.75 Å². The van der Waals surface area contributed by atoms with Gasteiger partial charge in [0, 0.05) is 12.7 Å². The van der Waals surface area contributed by atoms with E-state index < -0.39 is 0 Å². The Morgan fingerprint density at radius 1 is 1.15 bits per heavy atom. The fourth-order valence-corrected chi connectivity index (χ4v) is 1.88. The second-order valence-electron chi connectivity index (χ2n) is 4.22. The molecule has 0 radical (unpaired) electrons. The molecule has 0 spiro atoms. The molecule has 0 aliphatic carbocycles. The number of methoxy groups -OCH3 is 1. The lowest BCUT2D eigenvalue weighted by Gasteiger charge is -2.18. The van der Waals surface area contributed by atoms with Crippen LogP contribution in [-0.2, 0) is 0 Å². The second-order valence-corrected chi connectivity index (χ2v) is 4.22. The Kier molecular flexibility index (Phi) is 4.02. The van der Waals surface area contributed by atoms with E-state index in [1.807, 2.05) is 12.1 Å². The minimum Gasteiger partial charge on any atom is -0.496 e. The van der Waals surface area contributed by atoms with Crippen molar-refractivity contribution in [3.05, 3.63) is 59.7 Å². The molecule has 2 rings (SSSR count). The standard InChI is InChI=1S/C16H14N2O2/c1-18(13-9-7-12(11-17)8-10-13)16(19)14-5-3-4-6-15(14)20-2/h3-10H,1-2H3. The van der Waals surface area contributed by atoms with Gasteiger partial charge in [-0.2, -0.15) is 5.26 Å². The Morgan fingerprint density at radius 3 is 2.40 bits per heavy atom. The second kappa shape index (κ2) is 5.89. The zero-order valence-corrected chi connectivity index (χ0v) is 11.3. The molecule has 100 valence electrons. The van der Waals surface area contributed by atoms with Crippen LogP contribution in [0, 0.1) is 11.3 Å². The first-order chi connectivity index (χ1) is 9.67. The number of benzene rings is 2. The molecular weight excluding hydrogens is 252 g/mol. The van der Waals surface area contributed by atoms with Gasteiger partial charge in [-0.3, -0.25) is 4.79 Å². The van der Waals surface area contributed by atoms with Crippen LogP contribution < -0.4 is 9.64 Å². The number of nitrogens with zero attached hydrogens (tertiary/aromatic N) is 2. The molecule has 0 atom stereocenters. The Balaban J connectivity index is 2.30. The first-order valence-corrected chi connectivity index (χ1v) is 6.08. The number of rotatable bonds is 3. The number of nitriles is 1. The molecule has 0 aliphatic heterocycles. The first-order valence-electron chi connectivity index (χ1n) is 6.08. The molecular formula is C16H14N2O2. The summed E-state index contributed by atoms with van der Waals surface area (Å²) in [6, 6.07) is 16.0. The third-order valence-corrected chi connectivity index (χ3v) is 3.03. The van der Waals surface area contributed by atoms with Gasteiger partial charge < -0.3 is 9.64 Å². The van der Waals surface area contributed by atoms with Crippen molar-refractivity contribution in [2.24, 2.45) is 0 Å². The van der Waals surface area contributed by atoms with E-state index in [4.69, 9.17) is 10.00 Å². The Hall–Kier alpha value is -2.80. The average Bonchev–Trinajstić information content (AvgIpc) is 2.53. The van der Waals surface area contributed by atoms with E-state index >= 15 is 0 Å². The van der Waals surface area contributed by atoms with Crippen molar-refractivity contribution in [3.8, 4) is 11.8 Å². The summed E-state index contributed by atoms with van der Waals surface area (Å²) in [7, 11) is 3.23. The molecule has 0 aliphatic rings. The van der Waals surface area contributed by atoms with Crippen LogP contribution in [0.2, 0.25) is 0 Å². The van der Waals surface area contributed by atoms with Gasteiger partial charge in [0.25, 0.3) is 5.91 Å². The molecule has 0 N–H and O–H groups in total. The summed E-state index contributed by atoms with van der Waals surface area (Å²) in [5.74, 6) is 0.380. The molecule has 1 amide bonds. The fourth-order valence-electron chi connectivity index (χ4n) is 1.88. The van der Waals surface area contributed by atoms with Gasteiger partial charge in [0.2, 0.25) is 0 Å². The van der Waals surface area contributed by atoms with Gasteiger partial charge >= 0.3 is 0 Å². The lowest BCUT2D eigenvalue weighted by Crippen LogP contribution is -2.26. The molecule has 0 unspecified atom stereocenters. The number of amides is 1. The van der Waals surface area contributed by atoms with Crippen LogP contribution in [0.25, 0.3) is 0 Å². The van der Waals surface area contributed by atoms with Crippen LogP contribution in [-0.4, -0.2) is 20.1 Å². The number of anilines is 1. The highest BCUT2D eigenvalue weighted by Gasteiger charge is 2.17. The van der Waals surface area contributed by atoms with E-state index in [1.54, 1.807) is 49.5 Å². The maximum atomic E-state index is 12.5. The maximum Gasteiger partial charge on any atom is 0.261 e. The first kappa shape index (κ1) is 13.6. The fraction of sp³-hybridized carbons (Fsp3) is 0.125. The minimum absolute atomic E-state index is 0.160. The van der Waals surface area contributed by atoms with E-state index in [1.165, 1.54) is 12.0 Å². The van der Waals surface area contributed by atoms with Crippen LogP contribution in [0.5, 0.6) is 5.75 Å². The van der Waals surface area contributed by atoms with Gasteiger partial charge in [-0.15, -0.1) is 0 Å². The molecule has 0 bridgehead atoms. The van der Waals surface area contributed by atoms with Gasteiger partial charge in [0.05, 0.1) is 24.3 Å². The molecule has 0 fully saturated rings. The van der Waals surface area contributed by atoms with Crippen molar-refractivity contribution in [1.29, 1.82) is 5.26 Å². The summed E-state index contributed by atoms with van der Waals surface area (Å²) in [5, 5.41) is 8.78. The van der Waals surface area contributed by atoms with Crippen molar-refractivity contribution in [1.82, 2.24) is 0 Å². The largest absolute Gasteiger partial charge is 0.496 e. The number of hydrogen-bond acceptors (Lipinski definition) is 3. The number of para-hydroxylation sites is 1. The predicted molar refractivity (Wildman–Crippen MR) is 76.9 cm³/mol. The number of ether oxygens (including phenoxy) is 1. The highest BCUT2D eigenvalue weighted by atomic mass is 16.5. The van der Waals surface area contributed by atoms with Crippen LogP contribution >= 0.6 is 0 Å². The SMILES string of the molecule is COc1ccccc1C(=O)N(C)c1ccc(C#N)cc1. The molecule has 2 aromatic rings. The Bertz CT molecular complexity index is 657. The zero-order valence-electron chi connectivity index (χ0n) is 11.3. The maximum absolute atomic E-state index is 12.5. The van der Waals surface area contributed by atoms with Gasteiger partial charge in [-0.25, -0.2) is 0 Å². The lowest BCUT2D eigenvalue weighted by molar-refractivity contribution is 0.0990. The third-order valence-electron chi connectivity index (χ3n) is 3.03. The molecule has 4 heteroatoms. The third kappa shape index (κ3) is 2.62.